The summed E-state index contributed by atoms with van der Waals surface area (Å²) in [4.78, 5) is 12.2. The minimum absolute atomic E-state index is 0.0506. The largest absolute Gasteiger partial charge is 0.504 e. The number of hydrogen-bond donors (Lipinski definition) is 2. The molecule has 2 N–H and O–H groups in total. The maximum absolute atomic E-state index is 12.2. The van der Waals surface area contributed by atoms with Crippen molar-refractivity contribution >= 4 is 29.1 Å². The molecule has 7 heteroatoms. The predicted molar refractivity (Wildman–Crippen MR) is 118 cm³/mol. The lowest BCUT2D eigenvalue weighted by atomic mass is 10.0. The van der Waals surface area contributed by atoms with Crippen LogP contribution < -0.4 is 10.1 Å². The smallest absolute Gasteiger partial charge is 0.239 e. The van der Waals surface area contributed by atoms with Crippen LogP contribution in [-0.4, -0.2) is 34.8 Å². The number of unbranched alkanes of at least 4 members (excludes halogenated alkanes) is 1. The average molecular weight is 412 g/mol. The first kappa shape index (κ1) is 20.9. The number of amidine groups is 1. The van der Waals surface area contributed by atoms with Gasteiger partial charge in [-0.05, 0) is 54.2 Å². The molecule has 1 heterocycles. The van der Waals surface area contributed by atoms with Crippen LogP contribution in [0.3, 0.4) is 0 Å². The highest BCUT2D eigenvalue weighted by atomic mass is 32.2. The third-order valence-electron chi connectivity index (χ3n) is 4.60. The monoisotopic (exact) mass is 411 g/mol. The first-order valence-electron chi connectivity index (χ1n) is 9.62. The molecule has 1 saturated heterocycles. The Morgan fingerprint density at radius 2 is 1.97 bits per heavy atom. The Labute approximate surface area is 175 Å². The standard InChI is InChI=1S/C22H25N3O3S/c1-3-4-5-15-6-8-16(9-7-15)13-20-21(27)24-22(29-20)25-23-14-17-10-11-18(26)19(12-17)28-2/h6-12,14,20,26H,3-5,13H2,1-2H3,(H,24,25,27). The molecule has 3 rings (SSSR count). The molecular weight excluding hydrogens is 386 g/mol. The van der Waals surface area contributed by atoms with Crippen molar-refractivity contribution in [2.45, 2.75) is 37.9 Å². The molecule has 0 spiro atoms. The zero-order valence-corrected chi connectivity index (χ0v) is 17.4. The molecule has 1 atom stereocenters. The van der Waals surface area contributed by atoms with Crippen LogP contribution in [0.1, 0.15) is 36.5 Å². The molecule has 0 aromatic heterocycles. The number of rotatable bonds is 8. The van der Waals surface area contributed by atoms with Crippen LogP contribution in [0.4, 0.5) is 0 Å². The zero-order chi connectivity index (χ0) is 20.6. The van der Waals surface area contributed by atoms with Gasteiger partial charge in [0.05, 0.1) is 18.6 Å². The Hall–Kier alpha value is -2.80. The normalized spacial score (nSPS) is 17.8. The summed E-state index contributed by atoms with van der Waals surface area (Å²) >= 11 is 1.39. The molecule has 6 nitrogen and oxygen atoms in total. The van der Waals surface area contributed by atoms with E-state index in [9.17, 15) is 9.90 Å². The van der Waals surface area contributed by atoms with Crippen molar-refractivity contribution in [2.75, 3.05) is 7.11 Å². The van der Waals surface area contributed by atoms with E-state index in [1.165, 1.54) is 43.3 Å². The number of nitrogens with zero attached hydrogens (tertiary/aromatic N) is 2. The number of ether oxygens (including phenoxy) is 1. The summed E-state index contributed by atoms with van der Waals surface area (Å²) in [5, 5.41) is 20.8. The highest BCUT2D eigenvalue weighted by molar-refractivity contribution is 8.15. The van der Waals surface area contributed by atoms with Gasteiger partial charge in [-0.15, -0.1) is 5.10 Å². The molecule has 0 saturated carbocycles. The van der Waals surface area contributed by atoms with Gasteiger partial charge in [0.15, 0.2) is 16.7 Å². The topological polar surface area (TPSA) is 83.3 Å². The Balaban J connectivity index is 1.58. The van der Waals surface area contributed by atoms with Gasteiger partial charge in [-0.25, -0.2) is 0 Å². The number of methoxy groups -OCH3 is 1. The Morgan fingerprint density at radius 3 is 2.69 bits per heavy atom. The van der Waals surface area contributed by atoms with Gasteiger partial charge in [0.1, 0.15) is 0 Å². The lowest BCUT2D eigenvalue weighted by molar-refractivity contribution is -0.118. The van der Waals surface area contributed by atoms with Crippen molar-refractivity contribution in [2.24, 2.45) is 10.2 Å². The second kappa shape index (κ2) is 10.1. The summed E-state index contributed by atoms with van der Waals surface area (Å²) < 4.78 is 5.07. The zero-order valence-electron chi connectivity index (χ0n) is 16.6. The molecular formula is C22H25N3O3S. The molecule has 0 bridgehead atoms. The summed E-state index contributed by atoms with van der Waals surface area (Å²) in [5.74, 6) is 0.382. The van der Waals surface area contributed by atoms with Crippen LogP contribution in [0.2, 0.25) is 0 Å². The summed E-state index contributed by atoms with van der Waals surface area (Å²) in [6, 6.07) is 13.4. The number of carbonyl (C=O) groups excluding carboxylic acids is 1. The first-order chi connectivity index (χ1) is 14.1. The molecule has 1 fully saturated rings. The molecule has 2 aromatic carbocycles. The van der Waals surface area contributed by atoms with Gasteiger partial charge in [-0.1, -0.05) is 49.4 Å². The van der Waals surface area contributed by atoms with Crippen molar-refractivity contribution in [3.63, 3.8) is 0 Å². The Morgan fingerprint density at radius 1 is 1.21 bits per heavy atom. The van der Waals surface area contributed by atoms with Crippen LogP contribution >= 0.6 is 11.8 Å². The van der Waals surface area contributed by atoms with Crippen LogP contribution in [0.5, 0.6) is 11.5 Å². The molecule has 29 heavy (non-hydrogen) atoms. The lowest BCUT2D eigenvalue weighted by Crippen LogP contribution is -2.25. The second-order valence-electron chi connectivity index (χ2n) is 6.80. The summed E-state index contributed by atoms with van der Waals surface area (Å²) in [6.07, 6.45) is 5.67. The minimum Gasteiger partial charge on any atom is -0.504 e. The van der Waals surface area contributed by atoms with Gasteiger partial charge < -0.3 is 15.2 Å². The third kappa shape index (κ3) is 5.84. The highest BCUT2D eigenvalue weighted by Gasteiger charge is 2.30. The van der Waals surface area contributed by atoms with Gasteiger partial charge in [0.25, 0.3) is 0 Å². The number of nitrogens with one attached hydrogen (secondary N) is 1. The van der Waals surface area contributed by atoms with E-state index in [2.05, 4.69) is 46.7 Å². The maximum Gasteiger partial charge on any atom is 0.239 e. The van der Waals surface area contributed by atoms with E-state index >= 15 is 0 Å². The van der Waals surface area contributed by atoms with Crippen LogP contribution in [0, 0.1) is 0 Å². The molecule has 1 aliphatic rings. The van der Waals surface area contributed by atoms with Crippen molar-refractivity contribution < 1.29 is 14.6 Å². The quantitative estimate of drug-likeness (QED) is 0.510. The molecule has 1 unspecified atom stereocenters. The summed E-state index contributed by atoms with van der Waals surface area (Å²) in [6.45, 7) is 2.19. The van der Waals surface area contributed by atoms with E-state index < -0.39 is 0 Å². The Kier molecular flexibility index (Phi) is 7.30. The number of phenols is 1. The average Bonchev–Trinajstić information content (AvgIpc) is 3.07. The number of aromatic hydroxyl groups is 1. The van der Waals surface area contributed by atoms with E-state index in [-0.39, 0.29) is 16.9 Å². The van der Waals surface area contributed by atoms with Gasteiger partial charge in [-0.3, -0.25) is 4.79 Å². The number of thioether (sulfide) groups is 1. The summed E-state index contributed by atoms with van der Waals surface area (Å²) in [5.41, 5.74) is 3.21. The fourth-order valence-corrected chi connectivity index (χ4v) is 3.91. The van der Waals surface area contributed by atoms with E-state index in [1.54, 1.807) is 18.3 Å². The number of phenolic OH excluding ortho intramolecular Hbond substituents is 1. The van der Waals surface area contributed by atoms with Crippen LogP contribution in [0.15, 0.2) is 52.7 Å². The lowest BCUT2D eigenvalue weighted by Gasteiger charge is -2.06. The van der Waals surface area contributed by atoms with Gasteiger partial charge in [0.2, 0.25) is 5.91 Å². The molecule has 1 aliphatic heterocycles. The molecule has 0 radical (unpaired) electrons. The Bertz CT molecular complexity index is 910. The van der Waals surface area contributed by atoms with Gasteiger partial charge in [0, 0.05) is 0 Å². The molecule has 1 amide bonds. The van der Waals surface area contributed by atoms with E-state index in [0.717, 1.165) is 17.5 Å². The van der Waals surface area contributed by atoms with Gasteiger partial charge in [-0.2, -0.15) is 5.10 Å². The third-order valence-corrected chi connectivity index (χ3v) is 5.67. The number of benzene rings is 2. The van der Waals surface area contributed by atoms with Gasteiger partial charge >= 0.3 is 0 Å². The number of hydrogen-bond acceptors (Lipinski definition) is 6. The molecule has 0 aliphatic carbocycles. The second-order valence-corrected chi connectivity index (χ2v) is 7.99. The number of aryl methyl sites for hydroxylation is 1. The van der Waals surface area contributed by atoms with Crippen molar-refractivity contribution in [3.8, 4) is 11.5 Å². The van der Waals surface area contributed by atoms with E-state index in [4.69, 9.17) is 4.74 Å². The van der Waals surface area contributed by atoms with E-state index in [1.807, 2.05) is 0 Å². The van der Waals surface area contributed by atoms with Crippen LogP contribution in [0.25, 0.3) is 0 Å². The van der Waals surface area contributed by atoms with E-state index in [0.29, 0.717) is 17.3 Å². The van der Waals surface area contributed by atoms with Crippen molar-refractivity contribution in [1.82, 2.24) is 5.32 Å². The highest BCUT2D eigenvalue weighted by Crippen LogP contribution is 2.26. The molecule has 2 aromatic rings. The number of amides is 1. The SMILES string of the molecule is CCCCc1ccc(CC2S/C(=N/N=Cc3ccc(O)c(OC)c3)NC2=O)cc1. The number of carbonyl (C=O) groups is 1. The predicted octanol–water partition coefficient (Wildman–Crippen LogP) is 3.91. The minimum atomic E-state index is -0.209. The maximum atomic E-state index is 12.2. The van der Waals surface area contributed by atoms with Crippen LogP contribution in [-0.2, 0) is 17.6 Å². The first-order valence-corrected chi connectivity index (χ1v) is 10.5. The fraction of sp³-hybridized carbons (Fsp3) is 0.318. The summed E-state index contributed by atoms with van der Waals surface area (Å²) in [7, 11) is 1.49. The van der Waals surface area contributed by atoms with Crippen molar-refractivity contribution in [3.05, 3.63) is 59.2 Å². The van der Waals surface area contributed by atoms with Crippen molar-refractivity contribution in [1.29, 1.82) is 0 Å². The fourth-order valence-electron chi connectivity index (χ4n) is 2.95. The molecule has 152 valence electrons.